The number of pyridine rings is 1. The van der Waals surface area contributed by atoms with E-state index >= 15 is 0 Å². The summed E-state index contributed by atoms with van der Waals surface area (Å²) in [4.78, 5) is 4.73. The topological polar surface area (TPSA) is 35.8 Å². The molecular formula is C14H18N2O2. The first kappa shape index (κ1) is 11.5. The van der Waals surface area contributed by atoms with Crippen LogP contribution in [0.15, 0.2) is 18.3 Å². The van der Waals surface area contributed by atoms with Crippen LogP contribution < -0.4 is 4.74 Å². The minimum atomic E-state index is -0.365. The van der Waals surface area contributed by atoms with Gasteiger partial charge in [0.05, 0.1) is 18.5 Å². The van der Waals surface area contributed by atoms with Crippen molar-refractivity contribution < 1.29 is 9.47 Å². The first-order valence-corrected chi connectivity index (χ1v) is 6.13. The highest BCUT2D eigenvalue weighted by Gasteiger charge is 2.47. The van der Waals surface area contributed by atoms with Crippen LogP contribution in [0.25, 0.3) is 5.65 Å². The van der Waals surface area contributed by atoms with Crippen LogP contribution in [0.1, 0.15) is 39.1 Å². The number of ether oxygens (including phenoxy) is 2. The highest BCUT2D eigenvalue weighted by molar-refractivity contribution is 5.58. The number of methoxy groups -OCH3 is 1. The molecule has 0 bridgehead atoms. The Labute approximate surface area is 107 Å². The van der Waals surface area contributed by atoms with Crippen molar-refractivity contribution in [3.63, 3.8) is 0 Å². The lowest BCUT2D eigenvalue weighted by molar-refractivity contribution is -0.108. The van der Waals surface area contributed by atoms with E-state index in [9.17, 15) is 0 Å². The van der Waals surface area contributed by atoms with Crippen molar-refractivity contribution in [2.75, 3.05) is 7.11 Å². The van der Waals surface area contributed by atoms with Crippen LogP contribution in [-0.2, 0) is 15.9 Å². The summed E-state index contributed by atoms with van der Waals surface area (Å²) in [5, 5.41) is 0. The first-order chi connectivity index (χ1) is 8.37. The average molecular weight is 246 g/mol. The Morgan fingerprint density at radius 2 is 1.94 bits per heavy atom. The number of aromatic nitrogens is 2. The molecule has 0 N–H and O–H groups in total. The molecule has 4 heteroatoms. The minimum absolute atomic E-state index is 0.343. The molecule has 1 aliphatic rings. The van der Waals surface area contributed by atoms with Crippen molar-refractivity contribution in [3.05, 3.63) is 29.7 Å². The van der Waals surface area contributed by atoms with E-state index in [-0.39, 0.29) is 11.2 Å². The number of hydrogen-bond acceptors (Lipinski definition) is 3. The molecule has 18 heavy (non-hydrogen) atoms. The third kappa shape index (κ3) is 1.32. The van der Waals surface area contributed by atoms with Crippen LogP contribution in [0.2, 0.25) is 0 Å². The van der Waals surface area contributed by atoms with E-state index in [0.717, 1.165) is 22.8 Å². The van der Waals surface area contributed by atoms with Gasteiger partial charge in [-0.2, -0.15) is 0 Å². The molecular weight excluding hydrogens is 228 g/mol. The van der Waals surface area contributed by atoms with Crippen LogP contribution >= 0.6 is 0 Å². The van der Waals surface area contributed by atoms with Crippen LogP contribution in [0.3, 0.4) is 0 Å². The zero-order chi connectivity index (χ0) is 13.1. The molecule has 2 aromatic rings. The van der Waals surface area contributed by atoms with Crippen molar-refractivity contribution in [2.24, 2.45) is 0 Å². The lowest BCUT2D eigenvalue weighted by Gasteiger charge is -2.25. The summed E-state index contributed by atoms with van der Waals surface area (Å²) >= 11 is 0. The third-order valence-corrected chi connectivity index (χ3v) is 3.49. The Bertz CT molecular complexity index is 626. The minimum Gasteiger partial charge on any atom is -0.493 e. The summed E-state index contributed by atoms with van der Waals surface area (Å²) in [5.41, 5.74) is 2.26. The number of rotatable bonds is 1. The largest absolute Gasteiger partial charge is 0.493 e. The maximum Gasteiger partial charge on any atom is 0.180 e. The van der Waals surface area contributed by atoms with E-state index in [1.165, 1.54) is 0 Å². The van der Waals surface area contributed by atoms with Gasteiger partial charge in [-0.25, -0.2) is 4.98 Å². The number of imidazole rings is 1. The molecule has 0 amide bonds. The highest BCUT2D eigenvalue weighted by Crippen LogP contribution is 2.47. The van der Waals surface area contributed by atoms with Crippen molar-refractivity contribution in [1.29, 1.82) is 0 Å². The van der Waals surface area contributed by atoms with Crippen LogP contribution in [0.5, 0.6) is 5.75 Å². The Morgan fingerprint density at radius 3 is 2.61 bits per heavy atom. The fourth-order valence-corrected chi connectivity index (χ4v) is 2.93. The molecule has 1 aliphatic heterocycles. The summed E-state index contributed by atoms with van der Waals surface area (Å²) in [6.07, 6.45) is 2.01. The van der Waals surface area contributed by atoms with Gasteiger partial charge in [0, 0.05) is 6.20 Å². The summed E-state index contributed by atoms with van der Waals surface area (Å²) in [5.74, 6) is 0.790. The molecule has 0 fully saturated rings. The molecule has 0 saturated heterocycles. The van der Waals surface area contributed by atoms with Crippen LogP contribution in [0, 0.1) is 0 Å². The number of hydrogen-bond donors (Lipinski definition) is 0. The molecule has 0 unspecified atom stereocenters. The Morgan fingerprint density at radius 1 is 1.22 bits per heavy atom. The standard InChI is InChI=1S/C14H18N2O2/c1-13(2)10-11(14(3,4)18-13)16-8-6-7-9(17-5)12(16)15-10/h6-8H,1-5H3. The molecule has 0 atom stereocenters. The van der Waals surface area contributed by atoms with Gasteiger partial charge in [-0.3, -0.25) is 4.40 Å². The second kappa shape index (κ2) is 3.26. The van der Waals surface area contributed by atoms with E-state index in [0.29, 0.717) is 0 Å². The van der Waals surface area contributed by atoms with Gasteiger partial charge in [-0.15, -0.1) is 0 Å². The lowest BCUT2D eigenvalue weighted by atomic mass is 10.0. The maximum absolute atomic E-state index is 6.10. The van der Waals surface area contributed by atoms with Gasteiger partial charge in [-0.05, 0) is 39.8 Å². The molecule has 4 nitrogen and oxygen atoms in total. The second-order valence-corrected chi connectivity index (χ2v) is 5.70. The molecule has 0 spiro atoms. The zero-order valence-corrected chi connectivity index (χ0v) is 11.4. The number of nitrogens with zero attached hydrogens (tertiary/aromatic N) is 2. The Hall–Kier alpha value is -1.55. The molecule has 3 rings (SSSR count). The SMILES string of the molecule is COc1cccn2c3c(nc12)C(C)(C)OC3(C)C. The van der Waals surface area contributed by atoms with Gasteiger partial charge >= 0.3 is 0 Å². The molecule has 0 saturated carbocycles. The monoisotopic (exact) mass is 246 g/mol. The average Bonchev–Trinajstić information content (AvgIpc) is 2.74. The first-order valence-electron chi connectivity index (χ1n) is 6.13. The second-order valence-electron chi connectivity index (χ2n) is 5.70. The summed E-state index contributed by atoms with van der Waals surface area (Å²) < 4.78 is 13.6. The Balaban J connectivity index is 2.41. The van der Waals surface area contributed by atoms with Crippen molar-refractivity contribution in [1.82, 2.24) is 9.38 Å². The predicted molar refractivity (Wildman–Crippen MR) is 68.9 cm³/mol. The van der Waals surface area contributed by atoms with E-state index in [4.69, 9.17) is 14.5 Å². The maximum atomic E-state index is 6.10. The molecule has 0 radical (unpaired) electrons. The fourth-order valence-electron chi connectivity index (χ4n) is 2.93. The van der Waals surface area contributed by atoms with Crippen LogP contribution in [-0.4, -0.2) is 16.5 Å². The van der Waals surface area contributed by atoms with E-state index in [1.807, 2.05) is 18.3 Å². The quantitative estimate of drug-likeness (QED) is 0.776. The molecule has 0 aromatic carbocycles. The fraction of sp³-hybridized carbons (Fsp3) is 0.500. The molecule has 0 aliphatic carbocycles. The number of fused-ring (bicyclic) bond motifs is 3. The summed E-state index contributed by atoms with van der Waals surface area (Å²) in [6, 6.07) is 3.90. The summed E-state index contributed by atoms with van der Waals surface area (Å²) in [7, 11) is 1.67. The lowest BCUT2D eigenvalue weighted by Crippen LogP contribution is -2.24. The predicted octanol–water partition coefficient (Wildman–Crippen LogP) is 2.84. The van der Waals surface area contributed by atoms with E-state index < -0.39 is 0 Å². The van der Waals surface area contributed by atoms with Gasteiger partial charge in [0.25, 0.3) is 0 Å². The molecule has 2 aromatic heterocycles. The van der Waals surface area contributed by atoms with E-state index in [2.05, 4.69) is 32.1 Å². The van der Waals surface area contributed by atoms with Crippen molar-refractivity contribution >= 4 is 5.65 Å². The van der Waals surface area contributed by atoms with Crippen molar-refractivity contribution in [2.45, 2.75) is 38.9 Å². The van der Waals surface area contributed by atoms with Gasteiger partial charge in [0.15, 0.2) is 11.4 Å². The smallest absolute Gasteiger partial charge is 0.180 e. The molecule has 3 heterocycles. The highest BCUT2D eigenvalue weighted by atomic mass is 16.5. The zero-order valence-electron chi connectivity index (χ0n) is 11.4. The normalized spacial score (nSPS) is 20.1. The van der Waals surface area contributed by atoms with Gasteiger partial charge in [0.1, 0.15) is 11.2 Å². The third-order valence-electron chi connectivity index (χ3n) is 3.49. The van der Waals surface area contributed by atoms with Gasteiger partial charge < -0.3 is 9.47 Å². The van der Waals surface area contributed by atoms with Crippen LogP contribution in [0.4, 0.5) is 0 Å². The molecule has 96 valence electrons. The van der Waals surface area contributed by atoms with Crippen molar-refractivity contribution in [3.8, 4) is 5.75 Å². The summed E-state index contributed by atoms with van der Waals surface area (Å²) in [6.45, 7) is 8.27. The Kier molecular flexibility index (Phi) is 2.09. The van der Waals surface area contributed by atoms with E-state index in [1.54, 1.807) is 7.11 Å². The van der Waals surface area contributed by atoms with Gasteiger partial charge in [0.2, 0.25) is 0 Å². The van der Waals surface area contributed by atoms with Gasteiger partial charge in [-0.1, -0.05) is 0 Å².